The molecule has 0 saturated carbocycles. The van der Waals surface area contributed by atoms with E-state index < -0.39 is 17.3 Å². The second kappa shape index (κ2) is 3.61. The van der Waals surface area contributed by atoms with Gasteiger partial charge in [0.1, 0.15) is 0 Å². The molecule has 0 bridgehead atoms. The minimum atomic E-state index is -0.987. The van der Waals surface area contributed by atoms with E-state index in [0.29, 0.717) is 0 Å². The monoisotopic (exact) mass is 208 g/mol. The number of benzene rings is 1. The maximum atomic E-state index is 13.3. The van der Waals surface area contributed by atoms with Crippen LogP contribution in [0, 0.1) is 11.6 Å². The Morgan fingerprint density at radius 1 is 1.20 bits per heavy atom. The van der Waals surface area contributed by atoms with Gasteiger partial charge in [-0.05, 0) is 18.2 Å². The number of hydrogen-bond acceptors (Lipinski definition) is 2. The molecule has 1 N–H and O–H groups in total. The largest absolute Gasteiger partial charge is 0.345 e. The minimum absolute atomic E-state index is 0.00880. The molecule has 2 rings (SSSR count). The Hall–Kier alpha value is -2.04. The molecule has 0 radical (unpaired) electrons. The van der Waals surface area contributed by atoms with Gasteiger partial charge in [0.15, 0.2) is 11.6 Å². The third-order valence-corrected chi connectivity index (χ3v) is 1.92. The molecule has 5 heteroatoms. The Balaban J connectivity index is 2.64. The summed E-state index contributed by atoms with van der Waals surface area (Å²) in [5.74, 6) is -1.94. The van der Waals surface area contributed by atoms with Gasteiger partial charge < -0.3 is 4.98 Å². The molecule has 0 unspecified atom stereocenters. The van der Waals surface area contributed by atoms with Gasteiger partial charge in [0.05, 0.1) is 5.69 Å². The van der Waals surface area contributed by atoms with Gasteiger partial charge in [-0.3, -0.25) is 0 Å². The molecule has 1 heterocycles. The van der Waals surface area contributed by atoms with Gasteiger partial charge >= 0.3 is 5.69 Å². The Bertz CT molecular complexity index is 551. The van der Waals surface area contributed by atoms with Gasteiger partial charge in [0.2, 0.25) is 0 Å². The number of H-pyrrole nitrogens is 1. The first kappa shape index (κ1) is 9.51. The fourth-order valence-electron chi connectivity index (χ4n) is 1.24. The molecule has 0 saturated heterocycles. The Morgan fingerprint density at radius 2 is 2.00 bits per heavy atom. The van der Waals surface area contributed by atoms with Crippen molar-refractivity contribution in [2.75, 3.05) is 0 Å². The van der Waals surface area contributed by atoms with Gasteiger partial charge in [0.25, 0.3) is 0 Å². The highest BCUT2D eigenvalue weighted by Crippen LogP contribution is 2.20. The lowest BCUT2D eigenvalue weighted by Crippen LogP contribution is -2.09. The van der Waals surface area contributed by atoms with Crippen LogP contribution in [0.5, 0.6) is 0 Å². The molecule has 0 aliphatic rings. The average Bonchev–Trinajstić information content (AvgIpc) is 2.22. The second-order valence-corrected chi connectivity index (χ2v) is 2.89. The third-order valence-electron chi connectivity index (χ3n) is 1.92. The standard InChI is InChI=1S/C10H6F2N2O/c11-7-3-1-2-6(9(7)12)8-4-5-13-10(15)14-8/h1-5H,(H,13,14,15). The van der Waals surface area contributed by atoms with Crippen LogP contribution in [-0.4, -0.2) is 9.97 Å². The Labute approximate surface area is 83.4 Å². The molecule has 1 aromatic carbocycles. The van der Waals surface area contributed by atoms with E-state index >= 15 is 0 Å². The van der Waals surface area contributed by atoms with Crippen molar-refractivity contribution in [3.8, 4) is 11.3 Å². The maximum Gasteiger partial charge on any atom is 0.345 e. The molecule has 76 valence electrons. The van der Waals surface area contributed by atoms with Crippen LogP contribution in [0.25, 0.3) is 11.3 Å². The molecule has 0 aliphatic carbocycles. The van der Waals surface area contributed by atoms with E-state index in [9.17, 15) is 13.6 Å². The molecule has 3 nitrogen and oxygen atoms in total. The van der Waals surface area contributed by atoms with Crippen LogP contribution in [0.3, 0.4) is 0 Å². The number of nitrogens with one attached hydrogen (secondary N) is 1. The first-order valence-electron chi connectivity index (χ1n) is 4.18. The van der Waals surface area contributed by atoms with E-state index in [0.717, 1.165) is 6.07 Å². The topological polar surface area (TPSA) is 45.8 Å². The zero-order valence-electron chi connectivity index (χ0n) is 7.50. The van der Waals surface area contributed by atoms with Crippen LogP contribution in [0.2, 0.25) is 0 Å². The molecule has 0 fully saturated rings. The summed E-state index contributed by atoms with van der Waals surface area (Å²) in [4.78, 5) is 16.6. The zero-order chi connectivity index (χ0) is 10.8. The van der Waals surface area contributed by atoms with Crippen LogP contribution < -0.4 is 5.69 Å². The van der Waals surface area contributed by atoms with Gasteiger partial charge in [-0.1, -0.05) is 6.07 Å². The number of halogens is 2. The SMILES string of the molecule is O=c1nccc(-c2cccc(F)c2F)[nH]1. The molecule has 0 amide bonds. The van der Waals surface area contributed by atoms with E-state index in [2.05, 4.69) is 9.97 Å². The minimum Gasteiger partial charge on any atom is -0.305 e. The molecule has 1 aromatic heterocycles. The Kier molecular flexibility index (Phi) is 2.29. The predicted octanol–water partition coefficient (Wildman–Crippen LogP) is 1.72. The number of rotatable bonds is 1. The Morgan fingerprint density at radius 3 is 2.73 bits per heavy atom. The molecular weight excluding hydrogens is 202 g/mol. The molecule has 0 aliphatic heterocycles. The van der Waals surface area contributed by atoms with Crippen molar-refractivity contribution in [2.45, 2.75) is 0 Å². The number of aromatic amines is 1. The summed E-state index contributed by atoms with van der Waals surface area (Å²) >= 11 is 0. The van der Waals surface area contributed by atoms with E-state index in [1.54, 1.807) is 0 Å². The molecule has 0 atom stereocenters. The van der Waals surface area contributed by atoms with E-state index in [1.807, 2.05) is 0 Å². The van der Waals surface area contributed by atoms with Gasteiger partial charge in [0, 0.05) is 11.8 Å². The van der Waals surface area contributed by atoms with Crippen molar-refractivity contribution in [1.29, 1.82) is 0 Å². The van der Waals surface area contributed by atoms with Crippen molar-refractivity contribution in [3.63, 3.8) is 0 Å². The lowest BCUT2D eigenvalue weighted by Gasteiger charge is -2.02. The van der Waals surface area contributed by atoms with Gasteiger partial charge in [-0.15, -0.1) is 0 Å². The first-order valence-corrected chi connectivity index (χ1v) is 4.18. The smallest absolute Gasteiger partial charge is 0.305 e. The van der Waals surface area contributed by atoms with Crippen molar-refractivity contribution in [1.82, 2.24) is 9.97 Å². The highest BCUT2D eigenvalue weighted by molar-refractivity contribution is 5.59. The maximum absolute atomic E-state index is 13.3. The summed E-state index contributed by atoms with van der Waals surface area (Å²) < 4.78 is 26.2. The van der Waals surface area contributed by atoms with Crippen LogP contribution in [0.4, 0.5) is 8.78 Å². The van der Waals surface area contributed by atoms with E-state index in [4.69, 9.17) is 0 Å². The zero-order valence-corrected chi connectivity index (χ0v) is 7.50. The summed E-state index contributed by atoms with van der Waals surface area (Å²) in [7, 11) is 0. The van der Waals surface area contributed by atoms with Crippen LogP contribution in [-0.2, 0) is 0 Å². The van der Waals surface area contributed by atoms with Crippen LogP contribution in [0.1, 0.15) is 0 Å². The lowest BCUT2D eigenvalue weighted by molar-refractivity contribution is 0.511. The first-order chi connectivity index (χ1) is 7.18. The van der Waals surface area contributed by atoms with Crippen molar-refractivity contribution in [2.24, 2.45) is 0 Å². The van der Waals surface area contributed by atoms with Crippen molar-refractivity contribution in [3.05, 3.63) is 52.6 Å². The average molecular weight is 208 g/mol. The molecule has 2 aromatic rings. The molecular formula is C10H6F2N2O. The highest BCUT2D eigenvalue weighted by Gasteiger charge is 2.09. The summed E-state index contributed by atoms with van der Waals surface area (Å²) in [6, 6.07) is 5.16. The summed E-state index contributed by atoms with van der Waals surface area (Å²) in [5, 5.41) is 0. The normalized spacial score (nSPS) is 10.3. The van der Waals surface area contributed by atoms with Gasteiger partial charge in [-0.2, -0.15) is 0 Å². The fourth-order valence-corrected chi connectivity index (χ4v) is 1.24. The van der Waals surface area contributed by atoms with Crippen LogP contribution in [0.15, 0.2) is 35.3 Å². The fraction of sp³-hybridized carbons (Fsp3) is 0. The summed E-state index contributed by atoms with van der Waals surface area (Å²) in [6.07, 6.45) is 1.23. The highest BCUT2D eigenvalue weighted by atomic mass is 19.2. The lowest BCUT2D eigenvalue weighted by atomic mass is 10.1. The summed E-state index contributed by atoms with van der Waals surface area (Å²) in [6.45, 7) is 0. The van der Waals surface area contributed by atoms with Gasteiger partial charge in [-0.25, -0.2) is 18.6 Å². The quantitative estimate of drug-likeness (QED) is 0.775. The third kappa shape index (κ3) is 1.76. The predicted molar refractivity (Wildman–Crippen MR) is 50.2 cm³/mol. The summed E-state index contributed by atoms with van der Waals surface area (Å²) in [5.41, 5.74) is -0.391. The van der Waals surface area contributed by atoms with Crippen molar-refractivity contribution >= 4 is 0 Å². The van der Waals surface area contributed by atoms with E-state index in [1.165, 1.54) is 24.4 Å². The number of hydrogen-bond donors (Lipinski definition) is 1. The van der Waals surface area contributed by atoms with Crippen LogP contribution >= 0.6 is 0 Å². The number of aromatic nitrogens is 2. The number of nitrogens with zero attached hydrogens (tertiary/aromatic N) is 1. The molecule has 0 spiro atoms. The van der Waals surface area contributed by atoms with E-state index in [-0.39, 0.29) is 11.3 Å². The van der Waals surface area contributed by atoms with Crippen molar-refractivity contribution < 1.29 is 8.78 Å². The molecule has 15 heavy (non-hydrogen) atoms. The second-order valence-electron chi connectivity index (χ2n) is 2.89.